The molecule has 5 heteroatoms. The maximum Gasteiger partial charge on any atom is 0.0502 e. The second kappa shape index (κ2) is 6.55. The number of hydrogen-bond donors (Lipinski definition) is 2. The molecule has 0 saturated heterocycles. The van der Waals surface area contributed by atoms with Gasteiger partial charge in [-0.15, -0.1) is 0 Å². The lowest BCUT2D eigenvalue weighted by Crippen LogP contribution is -2.29. The van der Waals surface area contributed by atoms with Crippen molar-refractivity contribution in [3.63, 3.8) is 0 Å². The summed E-state index contributed by atoms with van der Waals surface area (Å²) >= 11 is 12.2. The lowest BCUT2D eigenvalue weighted by molar-refractivity contribution is 0.550. The molecule has 1 atom stereocenters. The van der Waals surface area contributed by atoms with E-state index in [1.54, 1.807) is 12.1 Å². The van der Waals surface area contributed by atoms with E-state index in [2.05, 4.69) is 10.4 Å². The van der Waals surface area contributed by atoms with E-state index in [0.717, 1.165) is 22.5 Å². The first-order valence-electron chi connectivity index (χ1n) is 6.35. The molecular formula is C15H17Cl2N3. The lowest BCUT2D eigenvalue weighted by atomic mass is 9.99. The summed E-state index contributed by atoms with van der Waals surface area (Å²) < 4.78 is 0. The highest BCUT2D eigenvalue weighted by Gasteiger charge is 2.14. The van der Waals surface area contributed by atoms with Crippen LogP contribution in [0.3, 0.4) is 0 Å². The quantitative estimate of drug-likeness (QED) is 0.668. The fourth-order valence-electron chi connectivity index (χ4n) is 2.26. The summed E-state index contributed by atoms with van der Waals surface area (Å²) in [6.45, 7) is 3.94. The van der Waals surface area contributed by atoms with Crippen molar-refractivity contribution in [3.05, 3.63) is 62.9 Å². The van der Waals surface area contributed by atoms with Gasteiger partial charge >= 0.3 is 0 Å². The molecular weight excluding hydrogens is 293 g/mol. The molecule has 3 N–H and O–H groups in total. The number of nitrogens with zero attached hydrogens (tertiary/aromatic N) is 1. The number of halogens is 2. The minimum absolute atomic E-state index is 0.0358. The summed E-state index contributed by atoms with van der Waals surface area (Å²) in [5.41, 5.74) is 6.84. The third-order valence-corrected chi connectivity index (χ3v) is 3.74. The highest BCUT2D eigenvalue weighted by Crippen LogP contribution is 2.26. The molecule has 0 spiro atoms. The van der Waals surface area contributed by atoms with Crippen LogP contribution in [-0.2, 0) is 6.42 Å². The number of rotatable bonds is 4. The van der Waals surface area contributed by atoms with Crippen molar-refractivity contribution in [3.8, 4) is 0 Å². The van der Waals surface area contributed by atoms with E-state index in [1.807, 2.05) is 32.0 Å². The van der Waals surface area contributed by atoms with Crippen LogP contribution in [0.15, 0.2) is 30.3 Å². The number of hydrazine groups is 1. The molecule has 0 aliphatic carbocycles. The van der Waals surface area contributed by atoms with Gasteiger partial charge in [-0.3, -0.25) is 16.3 Å². The van der Waals surface area contributed by atoms with Gasteiger partial charge in [0.05, 0.1) is 6.04 Å². The smallest absolute Gasteiger partial charge is 0.0502 e. The zero-order valence-electron chi connectivity index (χ0n) is 11.5. The van der Waals surface area contributed by atoms with Crippen LogP contribution >= 0.6 is 23.2 Å². The van der Waals surface area contributed by atoms with Crippen LogP contribution in [0.1, 0.15) is 28.6 Å². The van der Waals surface area contributed by atoms with Crippen molar-refractivity contribution < 1.29 is 0 Å². The number of nitrogens with one attached hydrogen (secondary N) is 1. The maximum atomic E-state index is 6.21. The molecule has 2 aromatic rings. The Kier molecular flexibility index (Phi) is 5.00. The largest absolute Gasteiger partial charge is 0.271 e. The molecule has 0 amide bonds. The summed E-state index contributed by atoms with van der Waals surface area (Å²) in [6, 6.07) is 9.46. The number of aryl methyl sites for hydroxylation is 2. The minimum atomic E-state index is -0.0358. The molecule has 0 aliphatic rings. The normalized spacial score (nSPS) is 12.4. The van der Waals surface area contributed by atoms with E-state index in [4.69, 9.17) is 29.0 Å². The Morgan fingerprint density at radius 3 is 2.40 bits per heavy atom. The second-order valence-electron chi connectivity index (χ2n) is 4.84. The number of aromatic nitrogens is 1. The van der Waals surface area contributed by atoms with Crippen LogP contribution in [0.5, 0.6) is 0 Å². The first-order valence-corrected chi connectivity index (χ1v) is 7.10. The maximum absolute atomic E-state index is 6.21. The van der Waals surface area contributed by atoms with Crippen LogP contribution in [0.25, 0.3) is 0 Å². The monoisotopic (exact) mass is 309 g/mol. The van der Waals surface area contributed by atoms with Crippen LogP contribution in [0, 0.1) is 13.8 Å². The molecule has 3 nitrogen and oxygen atoms in total. The molecule has 0 bridgehead atoms. The van der Waals surface area contributed by atoms with E-state index >= 15 is 0 Å². The van der Waals surface area contributed by atoms with E-state index in [1.165, 1.54) is 0 Å². The number of nitrogens with two attached hydrogens (primary N) is 1. The Morgan fingerprint density at radius 2 is 1.80 bits per heavy atom. The number of hydrogen-bond acceptors (Lipinski definition) is 3. The number of pyridine rings is 1. The van der Waals surface area contributed by atoms with Crippen LogP contribution in [-0.4, -0.2) is 4.98 Å². The van der Waals surface area contributed by atoms with Crippen LogP contribution in [0.4, 0.5) is 0 Å². The first kappa shape index (κ1) is 15.3. The lowest BCUT2D eigenvalue weighted by Gasteiger charge is -2.18. The van der Waals surface area contributed by atoms with Gasteiger partial charge in [-0.2, -0.15) is 0 Å². The average molecular weight is 310 g/mol. The van der Waals surface area contributed by atoms with Crippen molar-refractivity contribution in [2.75, 3.05) is 0 Å². The summed E-state index contributed by atoms with van der Waals surface area (Å²) in [6.07, 6.45) is 0.665. The third-order valence-electron chi connectivity index (χ3n) is 3.14. The molecule has 1 aromatic heterocycles. The Bertz CT molecular complexity index is 594. The standard InChI is InChI=1S/C15H17Cl2N3/c1-9-5-12(6-10(2)19-9)15(20-18)8-11-7-13(16)3-4-14(11)17/h3-7,15,20H,8,18H2,1-2H3. The highest BCUT2D eigenvalue weighted by atomic mass is 35.5. The van der Waals surface area contributed by atoms with Crippen molar-refractivity contribution in [1.82, 2.24) is 10.4 Å². The average Bonchev–Trinajstić information content (AvgIpc) is 2.38. The molecule has 1 unspecified atom stereocenters. The fourth-order valence-corrected chi connectivity index (χ4v) is 2.65. The summed E-state index contributed by atoms with van der Waals surface area (Å²) in [4.78, 5) is 4.37. The minimum Gasteiger partial charge on any atom is -0.271 e. The predicted octanol–water partition coefficient (Wildman–Crippen LogP) is 3.75. The molecule has 0 fully saturated rings. The van der Waals surface area contributed by atoms with Crippen LogP contribution in [0.2, 0.25) is 10.0 Å². The fraction of sp³-hybridized carbons (Fsp3) is 0.267. The molecule has 0 radical (unpaired) electrons. The summed E-state index contributed by atoms with van der Waals surface area (Å²) in [5, 5.41) is 1.36. The van der Waals surface area contributed by atoms with Gasteiger partial charge in [0.25, 0.3) is 0 Å². The summed E-state index contributed by atoms with van der Waals surface area (Å²) in [5.74, 6) is 5.69. The van der Waals surface area contributed by atoms with Gasteiger partial charge in [-0.1, -0.05) is 23.2 Å². The van der Waals surface area contributed by atoms with Crippen molar-refractivity contribution in [2.24, 2.45) is 5.84 Å². The zero-order chi connectivity index (χ0) is 14.7. The van der Waals surface area contributed by atoms with Gasteiger partial charge in [0.1, 0.15) is 0 Å². The molecule has 106 valence electrons. The third kappa shape index (κ3) is 3.70. The molecule has 0 saturated carbocycles. The van der Waals surface area contributed by atoms with Gasteiger partial charge in [-0.25, -0.2) is 0 Å². The molecule has 2 rings (SSSR count). The SMILES string of the molecule is Cc1cc(C(Cc2cc(Cl)ccc2Cl)NN)cc(C)n1. The Labute approximate surface area is 129 Å². The van der Waals surface area contributed by atoms with Crippen molar-refractivity contribution in [1.29, 1.82) is 0 Å². The van der Waals surface area contributed by atoms with Gasteiger partial charge in [-0.05, 0) is 61.7 Å². The summed E-state index contributed by atoms with van der Waals surface area (Å²) in [7, 11) is 0. The van der Waals surface area contributed by atoms with E-state index < -0.39 is 0 Å². The zero-order valence-corrected chi connectivity index (χ0v) is 13.0. The molecule has 20 heavy (non-hydrogen) atoms. The predicted molar refractivity (Wildman–Crippen MR) is 83.9 cm³/mol. The highest BCUT2D eigenvalue weighted by molar-refractivity contribution is 6.33. The van der Waals surface area contributed by atoms with Crippen LogP contribution < -0.4 is 11.3 Å². The van der Waals surface area contributed by atoms with E-state index in [9.17, 15) is 0 Å². The van der Waals surface area contributed by atoms with Gasteiger partial charge in [0.15, 0.2) is 0 Å². The Morgan fingerprint density at radius 1 is 1.15 bits per heavy atom. The Balaban J connectivity index is 2.30. The second-order valence-corrected chi connectivity index (χ2v) is 5.69. The van der Waals surface area contributed by atoms with Crippen molar-refractivity contribution >= 4 is 23.2 Å². The molecule has 0 aliphatic heterocycles. The van der Waals surface area contributed by atoms with E-state index in [-0.39, 0.29) is 6.04 Å². The van der Waals surface area contributed by atoms with E-state index in [0.29, 0.717) is 16.5 Å². The molecule has 1 aromatic carbocycles. The van der Waals surface area contributed by atoms with Gasteiger partial charge < -0.3 is 0 Å². The first-order chi connectivity index (χ1) is 9.49. The topological polar surface area (TPSA) is 50.9 Å². The number of benzene rings is 1. The molecule has 1 heterocycles. The van der Waals surface area contributed by atoms with Crippen molar-refractivity contribution in [2.45, 2.75) is 26.3 Å². The Hall–Kier alpha value is -1.13. The van der Waals surface area contributed by atoms with Gasteiger partial charge in [0, 0.05) is 21.4 Å². The van der Waals surface area contributed by atoms with Gasteiger partial charge in [0.2, 0.25) is 0 Å².